The fourth-order valence-corrected chi connectivity index (χ4v) is 2.27. The number of nitrogens with two attached hydrogens (primary N) is 1. The third-order valence-corrected chi connectivity index (χ3v) is 3.17. The van der Waals surface area contributed by atoms with Gasteiger partial charge in [-0.3, -0.25) is 19.7 Å². The topological polar surface area (TPSA) is 108 Å². The lowest BCUT2D eigenvalue weighted by molar-refractivity contribution is -0.135. The van der Waals surface area contributed by atoms with Gasteiger partial charge in [-0.2, -0.15) is 0 Å². The van der Waals surface area contributed by atoms with Gasteiger partial charge >= 0.3 is 0 Å². The second kappa shape index (κ2) is 4.37. The minimum Gasteiger partial charge on any atom is -0.399 e. The number of nitrogen functional groups attached to an aromatic ring is 1. The average Bonchev–Trinajstić information content (AvgIpc) is 2.79. The van der Waals surface area contributed by atoms with Crippen LogP contribution in [0.1, 0.15) is 10.4 Å². The molecule has 102 valence electrons. The summed E-state index contributed by atoms with van der Waals surface area (Å²) in [7, 11) is 0. The summed E-state index contributed by atoms with van der Waals surface area (Å²) in [6.45, 7) is -0.238. The number of carbonyl (C=O) groups is 3. The lowest BCUT2D eigenvalue weighted by Crippen LogP contribution is -2.53. The highest BCUT2D eigenvalue weighted by atomic mass is 16.2. The Balaban J connectivity index is 1.96. The smallest absolute Gasteiger partial charge is 0.256 e. The number of hydrogen-bond acceptors (Lipinski definition) is 4. The predicted molar refractivity (Wildman–Crippen MR) is 71.8 cm³/mol. The number of benzene rings is 1. The van der Waals surface area contributed by atoms with Gasteiger partial charge in [-0.1, -0.05) is 0 Å². The molecule has 0 aliphatic carbocycles. The standard InChI is InChI=1S/C13H12N4O3/c14-7-1-2-8-9(4-15-10(8)3-7)13(20)17-5-11(18)16-12(19)6-17/h1-4,15H,5-6,14H2,(H,16,18,19). The van der Waals surface area contributed by atoms with Crippen molar-refractivity contribution in [1.29, 1.82) is 0 Å². The van der Waals surface area contributed by atoms with Crippen LogP contribution in [-0.4, -0.2) is 40.7 Å². The predicted octanol–water partition coefficient (Wildman–Crippen LogP) is -0.151. The highest BCUT2D eigenvalue weighted by Gasteiger charge is 2.28. The van der Waals surface area contributed by atoms with Crippen molar-refractivity contribution < 1.29 is 14.4 Å². The van der Waals surface area contributed by atoms with Crippen LogP contribution < -0.4 is 11.1 Å². The van der Waals surface area contributed by atoms with Crippen molar-refractivity contribution in [2.45, 2.75) is 0 Å². The molecule has 3 rings (SSSR count). The molecule has 0 radical (unpaired) electrons. The molecule has 1 aromatic carbocycles. The Kier molecular flexibility index (Phi) is 2.67. The van der Waals surface area contributed by atoms with Gasteiger partial charge in [0, 0.05) is 22.8 Å². The van der Waals surface area contributed by atoms with Gasteiger partial charge in [0.25, 0.3) is 5.91 Å². The van der Waals surface area contributed by atoms with Gasteiger partial charge in [0.1, 0.15) is 13.1 Å². The van der Waals surface area contributed by atoms with Crippen LogP contribution in [0, 0.1) is 0 Å². The number of rotatable bonds is 1. The zero-order chi connectivity index (χ0) is 14.3. The van der Waals surface area contributed by atoms with E-state index in [2.05, 4.69) is 10.3 Å². The number of piperazine rings is 1. The largest absolute Gasteiger partial charge is 0.399 e. The lowest BCUT2D eigenvalue weighted by Gasteiger charge is -2.25. The van der Waals surface area contributed by atoms with E-state index in [1.54, 1.807) is 24.4 Å². The van der Waals surface area contributed by atoms with Gasteiger partial charge < -0.3 is 15.6 Å². The summed E-state index contributed by atoms with van der Waals surface area (Å²) in [5.74, 6) is -1.30. The van der Waals surface area contributed by atoms with E-state index in [1.165, 1.54) is 4.90 Å². The molecule has 20 heavy (non-hydrogen) atoms. The normalized spacial score (nSPS) is 15.5. The lowest BCUT2D eigenvalue weighted by atomic mass is 10.1. The summed E-state index contributed by atoms with van der Waals surface area (Å²) in [6.07, 6.45) is 1.56. The number of imide groups is 1. The van der Waals surface area contributed by atoms with Gasteiger partial charge in [0.05, 0.1) is 5.56 Å². The molecule has 0 unspecified atom stereocenters. The van der Waals surface area contributed by atoms with E-state index in [1.807, 2.05) is 0 Å². The van der Waals surface area contributed by atoms with Crippen molar-refractivity contribution in [1.82, 2.24) is 15.2 Å². The van der Waals surface area contributed by atoms with Gasteiger partial charge in [-0.05, 0) is 18.2 Å². The fraction of sp³-hybridized carbons (Fsp3) is 0.154. The Labute approximate surface area is 113 Å². The molecule has 1 aliphatic rings. The van der Waals surface area contributed by atoms with E-state index in [0.29, 0.717) is 16.6 Å². The van der Waals surface area contributed by atoms with E-state index < -0.39 is 11.8 Å². The number of amides is 3. The van der Waals surface area contributed by atoms with Gasteiger partial charge in [0.2, 0.25) is 11.8 Å². The van der Waals surface area contributed by atoms with Crippen molar-refractivity contribution in [2.24, 2.45) is 0 Å². The van der Waals surface area contributed by atoms with Crippen LogP contribution in [0.4, 0.5) is 5.69 Å². The SMILES string of the molecule is Nc1ccc2c(C(=O)N3CC(=O)NC(=O)C3)c[nH]c2c1. The van der Waals surface area contributed by atoms with Crippen LogP contribution in [0.2, 0.25) is 0 Å². The molecule has 7 heteroatoms. The Morgan fingerprint density at radius 2 is 1.90 bits per heavy atom. The molecule has 3 amide bonds. The molecule has 2 heterocycles. The van der Waals surface area contributed by atoms with Crippen LogP contribution >= 0.6 is 0 Å². The summed E-state index contributed by atoms with van der Waals surface area (Å²) in [5, 5.41) is 2.87. The van der Waals surface area contributed by atoms with Crippen molar-refractivity contribution in [2.75, 3.05) is 18.8 Å². The first-order valence-corrected chi connectivity index (χ1v) is 6.03. The van der Waals surface area contributed by atoms with Crippen molar-refractivity contribution >= 4 is 34.3 Å². The van der Waals surface area contributed by atoms with Crippen LogP contribution in [0.5, 0.6) is 0 Å². The third-order valence-electron chi connectivity index (χ3n) is 3.17. The zero-order valence-electron chi connectivity index (χ0n) is 10.5. The number of aromatic amines is 1. The molecule has 2 aromatic rings. The van der Waals surface area contributed by atoms with Crippen LogP contribution in [0.25, 0.3) is 10.9 Å². The second-order valence-electron chi connectivity index (χ2n) is 4.64. The molecule has 7 nitrogen and oxygen atoms in total. The number of nitrogens with zero attached hydrogens (tertiary/aromatic N) is 1. The Morgan fingerprint density at radius 1 is 1.20 bits per heavy atom. The van der Waals surface area contributed by atoms with E-state index in [9.17, 15) is 14.4 Å². The Bertz CT molecular complexity index is 718. The van der Waals surface area contributed by atoms with Crippen LogP contribution in [0.15, 0.2) is 24.4 Å². The van der Waals surface area contributed by atoms with E-state index in [4.69, 9.17) is 5.73 Å². The van der Waals surface area contributed by atoms with E-state index in [-0.39, 0.29) is 19.0 Å². The van der Waals surface area contributed by atoms with Crippen molar-refractivity contribution in [3.8, 4) is 0 Å². The van der Waals surface area contributed by atoms with Gasteiger partial charge in [0.15, 0.2) is 0 Å². The van der Waals surface area contributed by atoms with Gasteiger partial charge in [-0.15, -0.1) is 0 Å². The van der Waals surface area contributed by atoms with Crippen molar-refractivity contribution in [3.05, 3.63) is 30.0 Å². The molecule has 1 aliphatic heterocycles. The second-order valence-corrected chi connectivity index (χ2v) is 4.64. The molecule has 0 saturated carbocycles. The minimum atomic E-state index is -0.473. The minimum absolute atomic E-state index is 0.119. The summed E-state index contributed by atoms with van der Waals surface area (Å²) >= 11 is 0. The molecular formula is C13H12N4O3. The summed E-state index contributed by atoms with van der Waals surface area (Å²) in [5.41, 5.74) is 7.42. The fourth-order valence-electron chi connectivity index (χ4n) is 2.27. The van der Waals surface area contributed by atoms with E-state index in [0.717, 1.165) is 5.52 Å². The number of hydrogen-bond donors (Lipinski definition) is 3. The number of fused-ring (bicyclic) bond motifs is 1. The molecule has 1 aromatic heterocycles. The maximum Gasteiger partial charge on any atom is 0.256 e. The first-order chi connectivity index (χ1) is 9.54. The summed E-state index contributed by atoms with van der Waals surface area (Å²) < 4.78 is 0. The summed E-state index contributed by atoms with van der Waals surface area (Å²) in [4.78, 5) is 39.2. The first kappa shape index (κ1) is 12.2. The highest BCUT2D eigenvalue weighted by Crippen LogP contribution is 2.22. The van der Waals surface area contributed by atoms with Crippen LogP contribution in [-0.2, 0) is 9.59 Å². The molecular weight excluding hydrogens is 260 g/mol. The number of anilines is 1. The monoisotopic (exact) mass is 272 g/mol. The molecule has 0 bridgehead atoms. The first-order valence-electron chi connectivity index (χ1n) is 6.03. The van der Waals surface area contributed by atoms with Crippen LogP contribution in [0.3, 0.4) is 0 Å². The number of nitrogens with one attached hydrogen (secondary N) is 2. The average molecular weight is 272 g/mol. The molecule has 0 atom stereocenters. The molecule has 1 fully saturated rings. The summed E-state index contributed by atoms with van der Waals surface area (Å²) in [6, 6.07) is 5.15. The molecule has 1 saturated heterocycles. The molecule has 4 N–H and O–H groups in total. The van der Waals surface area contributed by atoms with Crippen molar-refractivity contribution in [3.63, 3.8) is 0 Å². The third kappa shape index (κ3) is 1.99. The maximum absolute atomic E-state index is 12.4. The maximum atomic E-state index is 12.4. The zero-order valence-corrected chi connectivity index (χ0v) is 10.5. The van der Waals surface area contributed by atoms with E-state index >= 15 is 0 Å². The Hall–Kier alpha value is -2.83. The molecule has 0 spiro atoms. The highest BCUT2D eigenvalue weighted by molar-refractivity contribution is 6.11. The number of aromatic nitrogens is 1. The Morgan fingerprint density at radius 3 is 2.60 bits per heavy atom. The van der Waals surface area contributed by atoms with Gasteiger partial charge in [-0.25, -0.2) is 0 Å². The number of carbonyl (C=O) groups excluding carboxylic acids is 3. The quantitative estimate of drug-likeness (QED) is 0.495. The number of H-pyrrole nitrogens is 1.